The van der Waals surface area contributed by atoms with Gasteiger partial charge < -0.3 is 4.90 Å². The van der Waals surface area contributed by atoms with Gasteiger partial charge in [0.2, 0.25) is 16.1 Å². The molecule has 39 heavy (non-hydrogen) atoms. The number of hydrogen-bond donors (Lipinski definition) is 1. The number of carbonyl (C=O) groups excluding carboxylic acids is 2. The average Bonchev–Trinajstić information content (AvgIpc) is 3.48. The summed E-state index contributed by atoms with van der Waals surface area (Å²) >= 11 is 1.15. The van der Waals surface area contributed by atoms with E-state index in [2.05, 4.69) is 5.43 Å². The molecule has 3 aromatic carbocycles. The van der Waals surface area contributed by atoms with E-state index in [1.807, 2.05) is 84.9 Å². The van der Waals surface area contributed by atoms with Crippen LogP contribution in [0.15, 0.2) is 94.7 Å². The first-order valence-corrected chi connectivity index (χ1v) is 13.3. The molecule has 4 heterocycles. The highest BCUT2D eigenvalue weighted by molar-refractivity contribution is 7.07. The van der Waals surface area contributed by atoms with Gasteiger partial charge >= 0.3 is 6.03 Å². The summed E-state index contributed by atoms with van der Waals surface area (Å²) in [5.74, 6) is -0.243. The van der Waals surface area contributed by atoms with Crippen LogP contribution in [-0.4, -0.2) is 47.6 Å². The molecule has 1 saturated heterocycles. The summed E-state index contributed by atoms with van der Waals surface area (Å²) < 4.78 is 1.68. The maximum Gasteiger partial charge on any atom is 0.324 e. The van der Waals surface area contributed by atoms with Crippen LogP contribution >= 0.6 is 11.3 Å². The molecule has 0 aliphatic carbocycles. The molecule has 1 N–H and O–H groups in total. The minimum atomic E-state index is -1.27. The molecule has 7 rings (SSSR count). The Hall–Kier alpha value is -4.70. The first kappa shape index (κ1) is 23.4. The molecule has 1 fully saturated rings. The second-order valence-corrected chi connectivity index (χ2v) is 10.8. The Kier molecular flexibility index (Phi) is 4.75. The van der Waals surface area contributed by atoms with Gasteiger partial charge in [0.25, 0.3) is 11.5 Å². The second kappa shape index (κ2) is 7.90. The fourth-order valence-electron chi connectivity index (χ4n) is 6.16. The van der Waals surface area contributed by atoms with Crippen molar-refractivity contribution in [1.82, 2.24) is 14.5 Å². The van der Waals surface area contributed by atoms with E-state index >= 15 is 0 Å². The molecule has 1 aromatic heterocycles. The zero-order valence-electron chi connectivity index (χ0n) is 21.5. The van der Waals surface area contributed by atoms with Crippen molar-refractivity contribution in [2.75, 3.05) is 31.5 Å². The van der Waals surface area contributed by atoms with E-state index in [1.165, 1.54) is 4.68 Å². The normalized spacial score (nSPS) is 24.7. The van der Waals surface area contributed by atoms with Gasteiger partial charge in [0.1, 0.15) is 4.53 Å². The van der Waals surface area contributed by atoms with Crippen molar-refractivity contribution >= 4 is 34.5 Å². The molecule has 194 valence electrons. The van der Waals surface area contributed by atoms with Crippen molar-refractivity contribution in [1.29, 1.82) is 0 Å². The lowest BCUT2D eigenvalue weighted by atomic mass is 9.80. The van der Waals surface area contributed by atoms with Gasteiger partial charge in [0.15, 0.2) is 0 Å². The van der Waals surface area contributed by atoms with E-state index in [9.17, 15) is 14.4 Å². The predicted octanol–water partition coefficient (Wildman–Crippen LogP) is 1.97. The van der Waals surface area contributed by atoms with Gasteiger partial charge in [0, 0.05) is 37.8 Å². The Morgan fingerprint density at radius 1 is 0.769 bits per heavy atom. The lowest BCUT2D eigenvalue weighted by molar-refractivity contribution is -0.112. The number of benzene rings is 3. The summed E-state index contributed by atoms with van der Waals surface area (Å²) in [7, 11) is 5.14. The van der Waals surface area contributed by atoms with Crippen LogP contribution in [0.25, 0.3) is 5.57 Å². The zero-order chi connectivity index (χ0) is 27.1. The summed E-state index contributed by atoms with van der Waals surface area (Å²) in [6, 6.07) is 26.3. The van der Waals surface area contributed by atoms with Crippen molar-refractivity contribution in [2.45, 2.75) is 11.3 Å². The van der Waals surface area contributed by atoms with Crippen LogP contribution in [0.2, 0.25) is 0 Å². The standard InChI is InChI=1S/C29H24N6O3S/c1-32-21-17-11-10-16-20(21)22(24(32)36)23-25(37)35-26(39-23)30-28(18-12-6-4-7-13-18)29(31-35,19-14-8-5-9-15-19)34(3)27(38)33(28)2/h4-17,31H,1-3H3/b23-22-. The summed E-state index contributed by atoms with van der Waals surface area (Å²) in [5, 5.41) is 0. The van der Waals surface area contributed by atoms with E-state index in [-0.39, 0.29) is 17.5 Å². The molecule has 4 aromatic rings. The van der Waals surface area contributed by atoms with Crippen LogP contribution in [0.5, 0.6) is 0 Å². The molecule has 2 unspecified atom stereocenters. The van der Waals surface area contributed by atoms with Crippen LogP contribution in [0.1, 0.15) is 16.7 Å². The zero-order valence-corrected chi connectivity index (χ0v) is 22.3. The van der Waals surface area contributed by atoms with Crippen molar-refractivity contribution in [3.8, 4) is 0 Å². The number of hydrogen-bond acceptors (Lipinski definition) is 6. The Morgan fingerprint density at radius 3 is 2.08 bits per heavy atom. The maximum atomic E-state index is 14.1. The fraction of sp³-hybridized carbons (Fsp3) is 0.172. The van der Waals surface area contributed by atoms with E-state index in [1.54, 1.807) is 35.8 Å². The van der Waals surface area contributed by atoms with E-state index in [0.29, 0.717) is 20.5 Å². The number of urea groups is 1. The number of fused-ring (bicyclic) bond motifs is 3. The number of nitrogens with one attached hydrogen (secondary N) is 1. The molecule has 9 nitrogen and oxygen atoms in total. The average molecular weight is 537 g/mol. The topological polar surface area (TPSA) is 90.2 Å². The number of amides is 3. The Labute approximate surface area is 227 Å². The van der Waals surface area contributed by atoms with Gasteiger partial charge in [-0.1, -0.05) is 90.2 Å². The number of nitrogens with zero attached hydrogens (tertiary/aromatic N) is 5. The molecular weight excluding hydrogens is 512 g/mol. The summed E-state index contributed by atoms with van der Waals surface area (Å²) in [4.78, 5) is 51.5. The molecule has 3 amide bonds. The van der Waals surface area contributed by atoms with Crippen LogP contribution in [-0.2, 0) is 16.1 Å². The number of anilines is 1. The van der Waals surface area contributed by atoms with Crippen LogP contribution in [0, 0.1) is 0 Å². The number of likely N-dealkylation sites (N-methyl/N-ethyl adjacent to an activating group) is 3. The molecular formula is C29H24N6O3S. The van der Waals surface area contributed by atoms with E-state index in [0.717, 1.165) is 28.2 Å². The number of rotatable bonds is 2. The third kappa shape index (κ3) is 2.73. The van der Waals surface area contributed by atoms with E-state index in [4.69, 9.17) is 4.99 Å². The van der Waals surface area contributed by atoms with Gasteiger partial charge in [-0.05, 0) is 6.07 Å². The lowest BCUT2D eigenvalue weighted by Gasteiger charge is -2.49. The maximum absolute atomic E-state index is 14.1. The van der Waals surface area contributed by atoms with Gasteiger partial charge in [-0.2, -0.15) is 4.68 Å². The van der Waals surface area contributed by atoms with Gasteiger partial charge in [0.05, 0.1) is 11.3 Å². The molecule has 0 radical (unpaired) electrons. The molecule has 0 saturated carbocycles. The van der Waals surface area contributed by atoms with Crippen molar-refractivity contribution in [3.05, 3.63) is 121 Å². The Morgan fingerprint density at radius 2 is 1.38 bits per heavy atom. The molecule has 0 spiro atoms. The number of thiazole rings is 1. The molecule has 0 bridgehead atoms. The third-order valence-corrected chi connectivity index (χ3v) is 9.07. The Balaban J connectivity index is 1.62. The van der Waals surface area contributed by atoms with Crippen LogP contribution in [0.4, 0.5) is 10.5 Å². The minimum Gasteiger partial charge on any atom is -0.311 e. The first-order valence-electron chi connectivity index (χ1n) is 12.5. The van der Waals surface area contributed by atoms with Gasteiger partial charge in [-0.25, -0.2) is 9.79 Å². The van der Waals surface area contributed by atoms with Crippen molar-refractivity contribution in [2.24, 2.45) is 4.99 Å². The fourth-order valence-corrected chi connectivity index (χ4v) is 7.21. The Bertz CT molecular complexity index is 1870. The summed E-state index contributed by atoms with van der Waals surface area (Å²) in [6.45, 7) is 0. The van der Waals surface area contributed by atoms with Crippen LogP contribution in [0.3, 0.4) is 0 Å². The third-order valence-electron chi connectivity index (χ3n) is 8.03. The smallest absolute Gasteiger partial charge is 0.311 e. The molecule has 3 aliphatic heterocycles. The second-order valence-electron chi connectivity index (χ2n) is 9.85. The monoisotopic (exact) mass is 536 g/mol. The number of para-hydroxylation sites is 1. The van der Waals surface area contributed by atoms with Crippen LogP contribution < -0.4 is 25.2 Å². The quantitative estimate of drug-likeness (QED) is 0.424. The van der Waals surface area contributed by atoms with Crippen molar-refractivity contribution < 1.29 is 9.59 Å². The highest BCUT2D eigenvalue weighted by atomic mass is 32.1. The minimum absolute atomic E-state index is 0.243. The molecule has 10 heteroatoms. The number of aromatic nitrogens is 1. The lowest BCUT2D eigenvalue weighted by Crippen LogP contribution is -2.67. The first-order chi connectivity index (χ1) is 18.8. The predicted molar refractivity (Wildman–Crippen MR) is 148 cm³/mol. The van der Waals surface area contributed by atoms with Gasteiger partial charge in [-0.15, -0.1) is 0 Å². The largest absolute Gasteiger partial charge is 0.324 e. The molecule has 2 atom stereocenters. The van der Waals surface area contributed by atoms with E-state index < -0.39 is 11.3 Å². The SMILES string of the molecule is CN1C(=O)/C(=c2\sc3n(c2=O)NC2(c4ccccc4)N(C)C(=O)N(C)C2(c2ccccc2)N=3)c2ccccc21. The van der Waals surface area contributed by atoms with Crippen molar-refractivity contribution in [3.63, 3.8) is 0 Å². The summed E-state index contributed by atoms with van der Waals surface area (Å²) in [5.41, 5.74) is 3.89. The highest BCUT2D eigenvalue weighted by Crippen LogP contribution is 2.53. The highest BCUT2D eigenvalue weighted by Gasteiger charge is 2.69. The molecule has 3 aliphatic rings. The number of carbonyl (C=O) groups is 2. The van der Waals surface area contributed by atoms with Gasteiger partial charge in [-0.3, -0.25) is 24.8 Å². The summed E-state index contributed by atoms with van der Waals surface area (Å²) in [6.07, 6.45) is 0.